The Hall–Kier alpha value is -3.24. The van der Waals surface area contributed by atoms with Gasteiger partial charge in [-0.1, -0.05) is 36.0 Å². The van der Waals surface area contributed by atoms with E-state index in [2.05, 4.69) is 6.92 Å². The van der Waals surface area contributed by atoms with Gasteiger partial charge in [-0.3, -0.25) is 0 Å². The first-order chi connectivity index (χ1) is 16.9. The monoisotopic (exact) mass is 502 g/mol. The van der Waals surface area contributed by atoms with Crippen molar-refractivity contribution in [1.82, 2.24) is 0 Å². The zero-order valence-corrected chi connectivity index (χ0v) is 21.3. The van der Waals surface area contributed by atoms with Crippen molar-refractivity contribution in [2.75, 3.05) is 7.11 Å². The van der Waals surface area contributed by atoms with Gasteiger partial charge < -0.3 is 34.6 Å². The number of aliphatic carboxylic acids is 1. The first-order valence-electron chi connectivity index (χ1n) is 11.4. The Kier molecular flexibility index (Phi) is 10.2. The molecule has 1 aromatic carbocycles. The largest absolute Gasteiger partial charge is 0.496 e. The van der Waals surface area contributed by atoms with E-state index in [1.165, 1.54) is 0 Å². The number of benzene rings is 1. The molecular formula is C27H34O9. The SMILES string of the molecule is COc1cc(C)c(/C=C/C(C)=C/C=C/C(C)=C/C(=O)O[C@H]2O[C@@H](C(=O)O)[C@H](O)[C@@H](O)[C@@H]2O)c(C)c1C. The predicted octanol–water partition coefficient (Wildman–Crippen LogP) is 2.52. The highest BCUT2D eigenvalue weighted by atomic mass is 16.7. The minimum absolute atomic E-state index is 0.520. The second-order valence-electron chi connectivity index (χ2n) is 8.72. The van der Waals surface area contributed by atoms with Crippen LogP contribution in [0.5, 0.6) is 5.75 Å². The second-order valence-corrected chi connectivity index (χ2v) is 8.72. The Morgan fingerprint density at radius 3 is 2.25 bits per heavy atom. The molecule has 2 rings (SSSR count). The first kappa shape index (κ1) is 29.0. The Morgan fingerprint density at radius 2 is 1.64 bits per heavy atom. The minimum Gasteiger partial charge on any atom is -0.496 e. The molecule has 1 aliphatic heterocycles. The van der Waals surface area contributed by atoms with Crippen LogP contribution < -0.4 is 4.74 Å². The number of methoxy groups -OCH3 is 1. The number of allylic oxidation sites excluding steroid dienone is 6. The van der Waals surface area contributed by atoms with Gasteiger partial charge >= 0.3 is 11.9 Å². The average Bonchev–Trinajstić information content (AvgIpc) is 2.81. The third-order valence-electron chi connectivity index (χ3n) is 5.95. The van der Waals surface area contributed by atoms with Crippen molar-refractivity contribution >= 4 is 18.0 Å². The van der Waals surface area contributed by atoms with E-state index in [-0.39, 0.29) is 0 Å². The molecule has 0 unspecified atom stereocenters. The highest BCUT2D eigenvalue weighted by molar-refractivity contribution is 5.83. The van der Waals surface area contributed by atoms with Crippen molar-refractivity contribution in [2.45, 2.75) is 65.3 Å². The van der Waals surface area contributed by atoms with Gasteiger partial charge in [0.1, 0.15) is 24.1 Å². The maximum absolute atomic E-state index is 12.2. The van der Waals surface area contributed by atoms with Crippen molar-refractivity contribution in [2.24, 2.45) is 0 Å². The summed E-state index contributed by atoms with van der Waals surface area (Å²) >= 11 is 0. The molecule has 1 heterocycles. The van der Waals surface area contributed by atoms with E-state index < -0.39 is 42.6 Å². The van der Waals surface area contributed by atoms with Crippen LogP contribution in [0.4, 0.5) is 0 Å². The Morgan fingerprint density at radius 1 is 0.972 bits per heavy atom. The number of aryl methyl sites for hydroxylation is 1. The molecule has 1 fully saturated rings. The van der Waals surface area contributed by atoms with E-state index in [1.807, 2.05) is 45.1 Å². The lowest BCUT2D eigenvalue weighted by Crippen LogP contribution is -2.60. The van der Waals surface area contributed by atoms with Crippen molar-refractivity contribution in [3.05, 3.63) is 69.8 Å². The molecule has 196 valence electrons. The Balaban J connectivity index is 2.03. The van der Waals surface area contributed by atoms with E-state index in [9.17, 15) is 24.9 Å². The summed E-state index contributed by atoms with van der Waals surface area (Å²) in [6.07, 6.45) is 1.34. The van der Waals surface area contributed by atoms with Crippen LogP contribution in [0.1, 0.15) is 36.1 Å². The predicted molar refractivity (Wildman–Crippen MR) is 133 cm³/mol. The number of rotatable bonds is 8. The zero-order valence-electron chi connectivity index (χ0n) is 21.3. The van der Waals surface area contributed by atoms with E-state index in [0.717, 1.165) is 39.7 Å². The van der Waals surface area contributed by atoms with Crippen LogP contribution in [0, 0.1) is 20.8 Å². The summed E-state index contributed by atoms with van der Waals surface area (Å²) in [6.45, 7) is 9.70. The highest BCUT2D eigenvalue weighted by Crippen LogP contribution is 2.28. The van der Waals surface area contributed by atoms with Crippen molar-refractivity contribution in [3.63, 3.8) is 0 Å². The number of hydrogen-bond donors (Lipinski definition) is 4. The summed E-state index contributed by atoms with van der Waals surface area (Å²) < 4.78 is 15.3. The molecule has 1 aromatic rings. The molecule has 1 aliphatic rings. The minimum atomic E-state index is -1.86. The van der Waals surface area contributed by atoms with Gasteiger partial charge in [-0.15, -0.1) is 0 Å². The fourth-order valence-corrected chi connectivity index (χ4v) is 3.69. The summed E-state index contributed by atoms with van der Waals surface area (Å²) in [7, 11) is 1.66. The molecule has 0 radical (unpaired) electrons. The number of carbonyl (C=O) groups is 2. The summed E-state index contributed by atoms with van der Waals surface area (Å²) in [4.78, 5) is 23.3. The number of aliphatic hydroxyl groups is 3. The van der Waals surface area contributed by atoms with Gasteiger partial charge in [-0.2, -0.15) is 0 Å². The maximum Gasteiger partial charge on any atom is 0.335 e. The standard InChI is InChI=1S/C27H34O9/c1-14(10-11-19-16(3)13-20(34-6)18(5)17(19)4)8-7-9-15(2)12-21(28)35-27-24(31)22(29)23(30)25(36-27)26(32)33/h7-13,22-25,27,29-31H,1-6H3,(H,32,33)/b9-7+,11-10+,14-8+,15-12+/t22-,23-,24+,25-,27+/m1/s1. The lowest BCUT2D eigenvalue weighted by molar-refractivity contribution is -0.284. The van der Waals surface area contributed by atoms with Crippen molar-refractivity contribution in [1.29, 1.82) is 0 Å². The molecule has 0 saturated carbocycles. The van der Waals surface area contributed by atoms with E-state index in [4.69, 9.17) is 19.3 Å². The fourth-order valence-electron chi connectivity index (χ4n) is 3.69. The number of esters is 1. The zero-order chi connectivity index (χ0) is 27.2. The lowest BCUT2D eigenvalue weighted by Gasteiger charge is -2.37. The molecule has 4 N–H and O–H groups in total. The van der Waals surface area contributed by atoms with Gasteiger partial charge in [-0.25, -0.2) is 9.59 Å². The van der Waals surface area contributed by atoms with Crippen LogP contribution in [-0.2, 0) is 19.1 Å². The van der Waals surface area contributed by atoms with Gasteiger partial charge in [0.15, 0.2) is 6.10 Å². The molecule has 0 aliphatic carbocycles. The van der Waals surface area contributed by atoms with Gasteiger partial charge in [-0.05, 0) is 68.5 Å². The topological polar surface area (TPSA) is 143 Å². The van der Waals surface area contributed by atoms with Crippen molar-refractivity contribution in [3.8, 4) is 5.75 Å². The number of aliphatic hydroxyl groups excluding tert-OH is 3. The van der Waals surface area contributed by atoms with Gasteiger partial charge in [0.05, 0.1) is 7.11 Å². The normalized spacial score (nSPS) is 25.4. The van der Waals surface area contributed by atoms with Crippen molar-refractivity contribution < 1.29 is 44.2 Å². The number of ether oxygens (including phenoxy) is 3. The van der Waals surface area contributed by atoms with Crippen LogP contribution in [0.25, 0.3) is 6.08 Å². The maximum atomic E-state index is 12.2. The number of carbonyl (C=O) groups excluding carboxylic acids is 1. The fraction of sp³-hybridized carbons (Fsp3) is 0.407. The molecule has 0 aromatic heterocycles. The third-order valence-corrected chi connectivity index (χ3v) is 5.95. The number of carboxylic acid groups (broad SMARTS) is 1. The molecular weight excluding hydrogens is 468 g/mol. The van der Waals surface area contributed by atoms with Crippen LogP contribution in [0.3, 0.4) is 0 Å². The van der Waals surface area contributed by atoms with Crippen LogP contribution in [0.15, 0.2) is 47.6 Å². The van der Waals surface area contributed by atoms with Crippen LogP contribution >= 0.6 is 0 Å². The van der Waals surface area contributed by atoms with E-state index in [1.54, 1.807) is 26.2 Å². The smallest absolute Gasteiger partial charge is 0.335 e. The Labute approximate surface area is 210 Å². The lowest BCUT2D eigenvalue weighted by atomic mass is 9.96. The molecule has 9 heteroatoms. The number of hydrogen-bond acceptors (Lipinski definition) is 8. The van der Waals surface area contributed by atoms with Gasteiger partial charge in [0.25, 0.3) is 0 Å². The molecule has 5 atom stereocenters. The van der Waals surface area contributed by atoms with E-state index in [0.29, 0.717) is 5.57 Å². The molecule has 0 spiro atoms. The number of carboxylic acids is 1. The Bertz CT molecular complexity index is 1100. The molecule has 0 amide bonds. The van der Waals surface area contributed by atoms with Crippen LogP contribution in [0.2, 0.25) is 0 Å². The first-order valence-corrected chi connectivity index (χ1v) is 11.4. The van der Waals surface area contributed by atoms with E-state index >= 15 is 0 Å². The third kappa shape index (κ3) is 7.14. The summed E-state index contributed by atoms with van der Waals surface area (Å²) in [5.41, 5.74) is 5.96. The molecule has 1 saturated heterocycles. The molecule has 36 heavy (non-hydrogen) atoms. The summed E-state index contributed by atoms with van der Waals surface area (Å²) in [5, 5.41) is 38.5. The van der Waals surface area contributed by atoms with Gasteiger partial charge in [0.2, 0.25) is 6.29 Å². The van der Waals surface area contributed by atoms with Crippen LogP contribution in [-0.4, -0.2) is 70.2 Å². The second kappa shape index (κ2) is 12.6. The average molecular weight is 503 g/mol. The summed E-state index contributed by atoms with van der Waals surface area (Å²) in [5.74, 6) is -1.61. The van der Waals surface area contributed by atoms with Gasteiger partial charge in [0, 0.05) is 6.08 Å². The quantitative estimate of drug-likeness (QED) is 0.240. The summed E-state index contributed by atoms with van der Waals surface area (Å²) in [6, 6.07) is 2.01. The highest BCUT2D eigenvalue weighted by Gasteiger charge is 2.48. The molecule has 9 nitrogen and oxygen atoms in total. The molecule has 0 bridgehead atoms.